The van der Waals surface area contributed by atoms with E-state index in [1.165, 1.54) is 22.8 Å². The van der Waals surface area contributed by atoms with Crippen LogP contribution in [-0.2, 0) is 34.8 Å². The van der Waals surface area contributed by atoms with Crippen LogP contribution in [0.2, 0.25) is 0 Å². The number of aliphatic hydroxyl groups is 2. The second-order valence-electron chi connectivity index (χ2n) is 8.14. The zero-order chi connectivity index (χ0) is 22.8. The van der Waals surface area contributed by atoms with E-state index in [4.69, 9.17) is 4.74 Å². The molecule has 1 atom stereocenters. The molecule has 32 heavy (non-hydrogen) atoms. The van der Waals surface area contributed by atoms with Gasteiger partial charge in [0.2, 0.25) is 0 Å². The van der Waals surface area contributed by atoms with Crippen molar-refractivity contribution in [2.75, 3.05) is 6.61 Å². The van der Waals surface area contributed by atoms with Gasteiger partial charge >= 0.3 is 5.97 Å². The lowest BCUT2D eigenvalue weighted by molar-refractivity contribution is -0.172. The number of carbonyl (C=O) groups excluding carboxylic acids is 1. The van der Waals surface area contributed by atoms with Gasteiger partial charge in [-0.2, -0.15) is 0 Å². The molecule has 0 bridgehead atoms. The summed E-state index contributed by atoms with van der Waals surface area (Å²) < 4.78 is 22.3. The summed E-state index contributed by atoms with van der Waals surface area (Å²) in [6.07, 6.45) is 0.402. The average Bonchev–Trinajstić information content (AvgIpc) is 3.17. The quantitative estimate of drug-likeness (QED) is 0.464. The SMILES string of the molecule is CC[C@@]1(O)C(=O)OCc2c1cc1n(c2=O)Cc2c-1c(=O)c1cc(F)ccc1n2CCCO. The maximum Gasteiger partial charge on any atom is 0.343 e. The molecule has 0 radical (unpaired) electrons. The fourth-order valence-corrected chi connectivity index (χ4v) is 4.80. The van der Waals surface area contributed by atoms with Gasteiger partial charge in [-0.25, -0.2) is 9.18 Å². The minimum absolute atomic E-state index is 0.00174. The van der Waals surface area contributed by atoms with Crippen LogP contribution in [0.1, 0.15) is 36.6 Å². The Hall–Kier alpha value is -3.30. The first kappa shape index (κ1) is 20.6. The predicted molar refractivity (Wildman–Crippen MR) is 113 cm³/mol. The highest BCUT2D eigenvalue weighted by Crippen LogP contribution is 2.38. The van der Waals surface area contributed by atoms with Crippen LogP contribution in [0.3, 0.4) is 0 Å². The van der Waals surface area contributed by atoms with Gasteiger partial charge in [-0.1, -0.05) is 6.92 Å². The number of benzene rings is 1. The number of hydrogen-bond acceptors (Lipinski definition) is 6. The number of fused-ring (bicyclic) bond motifs is 5. The van der Waals surface area contributed by atoms with Gasteiger partial charge in [0.25, 0.3) is 5.56 Å². The van der Waals surface area contributed by atoms with Gasteiger partial charge in [0.1, 0.15) is 12.4 Å². The number of esters is 1. The van der Waals surface area contributed by atoms with Crippen molar-refractivity contribution in [1.82, 2.24) is 9.13 Å². The highest BCUT2D eigenvalue weighted by molar-refractivity contribution is 5.87. The van der Waals surface area contributed by atoms with E-state index in [2.05, 4.69) is 0 Å². The van der Waals surface area contributed by atoms with Crippen molar-refractivity contribution < 1.29 is 24.1 Å². The molecule has 0 saturated heterocycles. The van der Waals surface area contributed by atoms with Crippen LogP contribution < -0.4 is 11.0 Å². The van der Waals surface area contributed by atoms with Crippen molar-refractivity contribution in [3.63, 3.8) is 0 Å². The monoisotopic (exact) mass is 440 g/mol. The van der Waals surface area contributed by atoms with E-state index in [0.29, 0.717) is 24.2 Å². The number of ether oxygens (including phenoxy) is 1. The molecular formula is C23H21FN2O6. The van der Waals surface area contributed by atoms with E-state index < -0.39 is 28.4 Å². The fourth-order valence-electron chi connectivity index (χ4n) is 4.80. The lowest BCUT2D eigenvalue weighted by Crippen LogP contribution is -2.44. The Morgan fingerprint density at radius 2 is 2.00 bits per heavy atom. The molecule has 0 aliphatic carbocycles. The zero-order valence-corrected chi connectivity index (χ0v) is 17.4. The summed E-state index contributed by atoms with van der Waals surface area (Å²) in [7, 11) is 0. The van der Waals surface area contributed by atoms with Crippen molar-refractivity contribution in [1.29, 1.82) is 0 Å². The molecule has 1 aromatic carbocycles. The van der Waals surface area contributed by atoms with Crippen molar-refractivity contribution in [2.24, 2.45) is 0 Å². The number of rotatable bonds is 4. The molecule has 0 spiro atoms. The molecule has 4 heterocycles. The van der Waals surface area contributed by atoms with Crippen LogP contribution in [0.15, 0.2) is 33.9 Å². The standard InChI is InChI=1S/C23H21FN2O6/c1-2-23(31)15-9-17-19-18(10-26(17)21(29)14(15)11-32-22(23)30)25(6-3-7-27)16-5-4-12(24)8-13(16)20(19)28/h4-5,8-9,27,31H,2-3,6-7,10-11H2,1H3/t23-/m0/s1. The summed E-state index contributed by atoms with van der Waals surface area (Å²) >= 11 is 0. The van der Waals surface area contributed by atoms with Gasteiger partial charge in [-0.3, -0.25) is 9.59 Å². The number of aromatic nitrogens is 2. The van der Waals surface area contributed by atoms with Crippen molar-refractivity contribution in [2.45, 2.75) is 45.1 Å². The molecule has 0 saturated carbocycles. The molecule has 0 amide bonds. The van der Waals surface area contributed by atoms with Gasteiger partial charge in [-0.05, 0) is 37.1 Å². The third kappa shape index (κ3) is 2.64. The molecular weight excluding hydrogens is 419 g/mol. The van der Waals surface area contributed by atoms with Gasteiger partial charge in [0.05, 0.1) is 34.6 Å². The average molecular weight is 440 g/mol. The van der Waals surface area contributed by atoms with Crippen LogP contribution >= 0.6 is 0 Å². The van der Waals surface area contributed by atoms with E-state index in [1.54, 1.807) is 6.92 Å². The Morgan fingerprint density at radius 3 is 2.72 bits per heavy atom. The Kier molecular flexibility index (Phi) is 4.58. The van der Waals surface area contributed by atoms with Gasteiger partial charge in [-0.15, -0.1) is 0 Å². The minimum Gasteiger partial charge on any atom is -0.458 e. The first-order chi connectivity index (χ1) is 15.3. The Morgan fingerprint density at radius 1 is 1.22 bits per heavy atom. The van der Waals surface area contributed by atoms with Crippen LogP contribution in [0, 0.1) is 5.82 Å². The Labute approximate surface area is 181 Å². The third-order valence-electron chi connectivity index (χ3n) is 6.48. The smallest absolute Gasteiger partial charge is 0.343 e. The lowest BCUT2D eigenvalue weighted by atomic mass is 9.86. The zero-order valence-electron chi connectivity index (χ0n) is 17.4. The summed E-state index contributed by atoms with van der Waals surface area (Å²) in [6, 6.07) is 5.45. The van der Waals surface area contributed by atoms with Crippen LogP contribution in [0.25, 0.3) is 22.2 Å². The molecule has 166 valence electrons. The van der Waals surface area contributed by atoms with Crippen LogP contribution in [-0.4, -0.2) is 31.9 Å². The van der Waals surface area contributed by atoms with Crippen molar-refractivity contribution in [3.05, 3.63) is 67.5 Å². The number of halogens is 1. The fraction of sp³-hybridized carbons (Fsp3) is 0.348. The van der Waals surface area contributed by atoms with E-state index in [0.717, 1.165) is 6.07 Å². The summed E-state index contributed by atoms with van der Waals surface area (Å²) in [4.78, 5) is 39.1. The topological polar surface area (TPSA) is 111 Å². The summed E-state index contributed by atoms with van der Waals surface area (Å²) in [5, 5.41) is 20.5. The first-order valence-electron chi connectivity index (χ1n) is 10.4. The van der Waals surface area contributed by atoms with E-state index in [-0.39, 0.29) is 53.9 Å². The van der Waals surface area contributed by atoms with Crippen molar-refractivity contribution in [3.8, 4) is 11.3 Å². The summed E-state index contributed by atoms with van der Waals surface area (Å²) in [6.45, 7) is 1.74. The number of nitrogens with zero attached hydrogens (tertiary/aromatic N) is 2. The number of carbonyl (C=O) groups is 1. The van der Waals surface area contributed by atoms with E-state index in [9.17, 15) is 29.0 Å². The number of aliphatic hydroxyl groups excluding tert-OH is 1. The first-order valence-corrected chi connectivity index (χ1v) is 10.4. The Bertz CT molecular complexity index is 1420. The molecule has 9 heteroatoms. The minimum atomic E-state index is -1.98. The Balaban J connectivity index is 1.86. The van der Waals surface area contributed by atoms with E-state index in [1.807, 2.05) is 4.57 Å². The predicted octanol–water partition coefficient (Wildman–Crippen LogP) is 1.37. The number of pyridine rings is 2. The van der Waals surface area contributed by atoms with E-state index >= 15 is 0 Å². The molecule has 2 aromatic heterocycles. The van der Waals surface area contributed by atoms with Crippen LogP contribution in [0.4, 0.5) is 4.39 Å². The molecule has 3 aromatic rings. The number of cyclic esters (lactones) is 1. The lowest BCUT2D eigenvalue weighted by Gasteiger charge is -2.31. The molecule has 0 fully saturated rings. The molecule has 0 unspecified atom stereocenters. The maximum absolute atomic E-state index is 14.0. The largest absolute Gasteiger partial charge is 0.458 e. The molecule has 2 aliphatic rings. The molecule has 5 rings (SSSR count). The summed E-state index contributed by atoms with van der Waals surface area (Å²) in [5.74, 6) is -1.40. The van der Waals surface area contributed by atoms with Crippen molar-refractivity contribution >= 4 is 16.9 Å². The van der Waals surface area contributed by atoms with Crippen LogP contribution in [0.5, 0.6) is 0 Å². The maximum atomic E-state index is 14.0. The normalized spacial score (nSPS) is 18.9. The number of hydrogen-bond donors (Lipinski definition) is 2. The van der Waals surface area contributed by atoms with Gasteiger partial charge in [0.15, 0.2) is 11.0 Å². The molecule has 2 aliphatic heterocycles. The van der Waals surface area contributed by atoms with Gasteiger partial charge < -0.3 is 24.1 Å². The summed E-state index contributed by atoms with van der Waals surface area (Å²) in [5.41, 5.74) is -0.958. The highest BCUT2D eigenvalue weighted by Gasteiger charge is 2.45. The second kappa shape index (κ2) is 7.11. The van der Waals surface area contributed by atoms with Gasteiger partial charge in [0, 0.05) is 24.1 Å². The molecule has 2 N–H and O–H groups in total. The molecule has 8 nitrogen and oxygen atoms in total. The highest BCUT2D eigenvalue weighted by atomic mass is 19.1. The second-order valence-corrected chi connectivity index (χ2v) is 8.14. The number of aryl methyl sites for hydroxylation is 1. The third-order valence-corrected chi connectivity index (χ3v) is 6.48.